The van der Waals surface area contributed by atoms with Crippen molar-refractivity contribution in [3.63, 3.8) is 0 Å². The Morgan fingerprint density at radius 3 is 2.75 bits per heavy atom. The fraction of sp³-hybridized carbons (Fsp3) is 0.286. The average Bonchev–Trinajstić information content (AvgIpc) is 1.90. The molecule has 0 aromatic heterocycles. The van der Waals surface area contributed by atoms with E-state index >= 15 is 0 Å². The molecule has 0 saturated heterocycles. The zero-order valence-electron chi connectivity index (χ0n) is 4.72. The Kier molecular flexibility index (Phi) is 1.62. The molecule has 0 aromatic carbocycles. The van der Waals surface area contributed by atoms with Crippen LogP contribution in [-0.4, -0.2) is 6.21 Å². The summed E-state index contributed by atoms with van der Waals surface area (Å²) in [5, 5.41) is 6.87. The highest BCUT2D eigenvalue weighted by Gasteiger charge is 1.91. The van der Waals surface area contributed by atoms with Crippen LogP contribution in [0.25, 0.3) is 0 Å². The largest absolute Gasteiger partial charge is 0.308 e. The summed E-state index contributed by atoms with van der Waals surface area (Å²) in [6.07, 6.45) is 9.66. The first-order valence-corrected chi connectivity index (χ1v) is 2.78. The van der Waals surface area contributed by atoms with E-state index in [0.717, 1.165) is 18.4 Å². The molecule has 1 N–H and O–H groups in total. The predicted octanol–water partition coefficient (Wildman–Crippen LogP) is 1.91. The smallest absolute Gasteiger partial charge is 0.0209 e. The van der Waals surface area contributed by atoms with Crippen molar-refractivity contribution in [2.75, 3.05) is 0 Å². The Labute approximate surface area is 49.2 Å². The molecule has 0 radical (unpaired) electrons. The maximum Gasteiger partial charge on any atom is 0.0209 e. The Balaban J connectivity index is 2.55. The molecule has 0 aromatic rings. The van der Waals surface area contributed by atoms with Crippen LogP contribution >= 0.6 is 0 Å². The maximum atomic E-state index is 6.87. The van der Waals surface area contributed by atoms with E-state index in [1.807, 2.05) is 0 Å². The van der Waals surface area contributed by atoms with Crippen molar-refractivity contribution in [1.29, 1.82) is 5.41 Å². The van der Waals surface area contributed by atoms with E-state index in [2.05, 4.69) is 18.2 Å². The summed E-state index contributed by atoms with van der Waals surface area (Å²) in [5.74, 6) is 0. The maximum absolute atomic E-state index is 6.87. The topological polar surface area (TPSA) is 23.9 Å². The zero-order chi connectivity index (χ0) is 5.82. The molecule has 0 fully saturated rings. The molecule has 0 bridgehead atoms. The Bertz CT molecular complexity index is 142. The number of hydrogen-bond donors (Lipinski definition) is 1. The average molecular weight is 107 g/mol. The van der Waals surface area contributed by atoms with E-state index in [1.165, 1.54) is 6.21 Å². The van der Waals surface area contributed by atoms with Gasteiger partial charge < -0.3 is 5.41 Å². The zero-order valence-corrected chi connectivity index (χ0v) is 4.72. The minimum atomic E-state index is 0.948. The molecule has 0 unspecified atom stereocenters. The second kappa shape index (κ2) is 2.46. The monoisotopic (exact) mass is 107 g/mol. The first kappa shape index (κ1) is 5.29. The van der Waals surface area contributed by atoms with Crippen LogP contribution in [0.3, 0.4) is 0 Å². The first-order chi connectivity index (χ1) is 3.93. The molecular weight excluding hydrogens is 98.1 g/mol. The molecule has 8 heavy (non-hydrogen) atoms. The molecule has 1 nitrogen and oxygen atoms in total. The van der Waals surface area contributed by atoms with Crippen LogP contribution in [0.2, 0.25) is 0 Å². The molecule has 42 valence electrons. The molecule has 1 aliphatic carbocycles. The second-order valence-corrected chi connectivity index (χ2v) is 1.83. The molecule has 0 saturated carbocycles. The lowest BCUT2D eigenvalue weighted by Crippen LogP contribution is -1.84. The van der Waals surface area contributed by atoms with Crippen molar-refractivity contribution >= 4 is 6.21 Å². The Morgan fingerprint density at radius 1 is 1.50 bits per heavy atom. The molecule has 0 amide bonds. The first-order valence-electron chi connectivity index (χ1n) is 2.78. The molecule has 0 spiro atoms. The summed E-state index contributed by atoms with van der Waals surface area (Å²) in [5.41, 5.74) is 1.13. The van der Waals surface area contributed by atoms with Gasteiger partial charge in [0.15, 0.2) is 0 Å². The van der Waals surface area contributed by atoms with Gasteiger partial charge in [-0.3, -0.25) is 0 Å². The van der Waals surface area contributed by atoms with Crippen LogP contribution in [0, 0.1) is 5.41 Å². The van der Waals surface area contributed by atoms with E-state index in [0.29, 0.717) is 0 Å². The molecule has 0 aliphatic heterocycles. The normalized spacial score (nSPS) is 17.8. The van der Waals surface area contributed by atoms with Gasteiger partial charge >= 0.3 is 0 Å². The third-order valence-electron chi connectivity index (χ3n) is 1.22. The highest BCUT2D eigenvalue weighted by Crippen LogP contribution is 2.06. The van der Waals surface area contributed by atoms with Gasteiger partial charge in [-0.25, -0.2) is 0 Å². The third-order valence-corrected chi connectivity index (χ3v) is 1.22. The fourth-order valence-corrected chi connectivity index (χ4v) is 0.736. The lowest BCUT2D eigenvalue weighted by molar-refractivity contribution is 1.19. The van der Waals surface area contributed by atoms with E-state index in [-0.39, 0.29) is 0 Å². The van der Waals surface area contributed by atoms with E-state index in [4.69, 9.17) is 5.41 Å². The van der Waals surface area contributed by atoms with Gasteiger partial charge in [0.05, 0.1) is 0 Å². The van der Waals surface area contributed by atoms with Crippen molar-refractivity contribution in [3.05, 3.63) is 23.8 Å². The Hall–Kier alpha value is -0.850. The summed E-state index contributed by atoms with van der Waals surface area (Å²) < 4.78 is 0. The van der Waals surface area contributed by atoms with Gasteiger partial charge in [-0.05, 0) is 18.4 Å². The quantitative estimate of drug-likeness (QED) is 0.391. The number of allylic oxidation sites excluding steroid dienone is 4. The lowest BCUT2D eigenvalue weighted by Gasteiger charge is -1.98. The SMILES string of the molecule is N=CC1=CCC=CC1. The van der Waals surface area contributed by atoms with Crippen LogP contribution < -0.4 is 0 Å². The molecule has 0 atom stereocenters. The lowest BCUT2D eigenvalue weighted by atomic mass is 10.1. The van der Waals surface area contributed by atoms with Crippen LogP contribution in [0.15, 0.2) is 23.8 Å². The summed E-state index contributed by atoms with van der Waals surface area (Å²) in [6.45, 7) is 0. The van der Waals surface area contributed by atoms with Crippen molar-refractivity contribution in [2.45, 2.75) is 12.8 Å². The van der Waals surface area contributed by atoms with Crippen LogP contribution in [0.1, 0.15) is 12.8 Å². The van der Waals surface area contributed by atoms with Crippen molar-refractivity contribution < 1.29 is 0 Å². The summed E-state index contributed by atoms with van der Waals surface area (Å²) in [4.78, 5) is 0. The van der Waals surface area contributed by atoms with Gasteiger partial charge in [0.1, 0.15) is 0 Å². The second-order valence-electron chi connectivity index (χ2n) is 1.83. The third kappa shape index (κ3) is 1.06. The van der Waals surface area contributed by atoms with Gasteiger partial charge in [-0.1, -0.05) is 18.2 Å². The summed E-state index contributed by atoms with van der Waals surface area (Å²) >= 11 is 0. The summed E-state index contributed by atoms with van der Waals surface area (Å²) in [6, 6.07) is 0. The fourth-order valence-electron chi connectivity index (χ4n) is 0.736. The predicted molar refractivity (Wildman–Crippen MR) is 35.2 cm³/mol. The Morgan fingerprint density at radius 2 is 2.38 bits per heavy atom. The molecule has 1 rings (SSSR count). The molecule has 0 heterocycles. The van der Waals surface area contributed by atoms with Crippen LogP contribution in [-0.2, 0) is 0 Å². The molecule has 1 heteroatoms. The van der Waals surface area contributed by atoms with Gasteiger partial charge in [0, 0.05) is 6.21 Å². The van der Waals surface area contributed by atoms with Crippen molar-refractivity contribution in [3.8, 4) is 0 Å². The van der Waals surface area contributed by atoms with E-state index in [1.54, 1.807) is 0 Å². The molecular formula is C7H9N. The number of hydrogen-bond acceptors (Lipinski definition) is 1. The standard InChI is InChI=1S/C7H9N/c8-6-7-4-2-1-3-5-7/h1-2,5-6,8H,3-4H2. The minimum absolute atomic E-state index is 0.948. The number of rotatable bonds is 1. The van der Waals surface area contributed by atoms with E-state index < -0.39 is 0 Å². The number of nitrogens with one attached hydrogen (secondary N) is 1. The van der Waals surface area contributed by atoms with Gasteiger partial charge in [-0.15, -0.1) is 0 Å². The van der Waals surface area contributed by atoms with Crippen LogP contribution in [0.4, 0.5) is 0 Å². The van der Waals surface area contributed by atoms with Gasteiger partial charge in [-0.2, -0.15) is 0 Å². The van der Waals surface area contributed by atoms with Crippen molar-refractivity contribution in [1.82, 2.24) is 0 Å². The van der Waals surface area contributed by atoms with Crippen LogP contribution in [0.5, 0.6) is 0 Å². The van der Waals surface area contributed by atoms with E-state index in [9.17, 15) is 0 Å². The highest BCUT2D eigenvalue weighted by molar-refractivity contribution is 5.76. The molecule has 1 aliphatic rings. The van der Waals surface area contributed by atoms with Gasteiger partial charge in [0.25, 0.3) is 0 Å². The minimum Gasteiger partial charge on any atom is -0.308 e. The van der Waals surface area contributed by atoms with Crippen molar-refractivity contribution in [2.24, 2.45) is 0 Å². The highest BCUT2D eigenvalue weighted by atomic mass is 14.3. The van der Waals surface area contributed by atoms with Gasteiger partial charge in [0.2, 0.25) is 0 Å². The summed E-state index contributed by atoms with van der Waals surface area (Å²) in [7, 11) is 0.